The maximum atomic E-state index is 13.6. The van der Waals surface area contributed by atoms with Crippen molar-refractivity contribution < 1.29 is 27.4 Å². The number of ether oxygens (including phenoxy) is 1. The Bertz CT molecular complexity index is 588. The number of methoxy groups -OCH3 is 1. The first-order chi connectivity index (χ1) is 9.27. The van der Waals surface area contributed by atoms with Gasteiger partial charge in [0.1, 0.15) is 10.7 Å². The van der Waals surface area contributed by atoms with Gasteiger partial charge in [-0.2, -0.15) is 0 Å². The summed E-state index contributed by atoms with van der Waals surface area (Å²) >= 11 is 0. The van der Waals surface area contributed by atoms with Crippen LogP contribution >= 0.6 is 0 Å². The fourth-order valence-electron chi connectivity index (χ4n) is 1.52. The summed E-state index contributed by atoms with van der Waals surface area (Å²) in [5.41, 5.74) is -0.295. The predicted molar refractivity (Wildman–Crippen MR) is 69.6 cm³/mol. The molecule has 0 fully saturated rings. The van der Waals surface area contributed by atoms with E-state index in [1.54, 1.807) is 6.92 Å². The molecular formula is C12H16FNO5S. The summed E-state index contributed by atoms with van der Waals surface area (Å²) in [7, 11) is -2.64. The minimum absolute atomic E-state index is 0.295. The zero-order valence-corrected chi connectivity index (χ0v) is 11.9. The first-order valence-electron chi connectivity index (χ1n) is 5.82. The Balaban J connectivity index is 3.03. The maximum absolute atomic E-state index is 13.6. The van der Waals surface area contributed by atoms with Gasteiger partial charge in [0.05, 0.1) is 5.56 Å². The zero-order valence-electron chi connectivity index (χ0n) is 11.1. The van der Waals surface area contributed by atoms with E-state index in [0.29, 0.717) is 13.0 Å². The van der Waals surface area contributed by atoms with Crippen LogP contribution in [0.3, 0.4) is 0 Å². The molecule has 0 spiro atoms. The molecule has 0 saturated heterocycles. The fourth-order valence-corrected chi connectivity index (χ4v) is 2.91. The highest BCUT2D eigenvalue weighted by atomic mass is 32.2. The Morgan fingerprint density at radius 3 is 2.70 bits per heavy atom. The SMILES string of the molecule is COCCC(C)NS(=O)(=O)c1cc(C(=O)O)ccc1F. The number of carbonyl (C=O) groups is 1. The molecule has 0 radical (unpaired) electrons. The minimum Gasteiger partial charge on any atom is -0.478 e. The van der Waals surface area contributed by atoms with E-state index in [1.807, 2.05) is 0 Å². The molecule has 0 bridgehead atoms. The molecule has 1 rings (SSSR count). The second-order valence-electron chi connectivity index (χ2n) is 4.25. The van der Waals surface area contributed by atoms with E-state index in [4.69, 9.17) is 9.84 Å². The third-order valence-electron chi connectivity index (χ3n) is 2.58. The van der Waals surface area contributed by atoms with E-state index in [2.05, 4.69) is 4.72 Å². The quantitative estimate of drug-likeness (QED) is 0.790. The van der Waals surface area contributed by atoms with Crippen LogP contribution in [-0.2, 0) is 14.8 Å². The lowest BCUT2D eigenvalue weighted by Crippen LogP contribution is -2.34. The monoisotopic (exact) mass is 305 g/mol. The topological polar surface area (TPSA) is 92.7 Å². The van der Waals surface area contributed by atoms with E-state index in [-0.39, 0.29) is 5.56 Å². The number of rotatable bonds is 7. The average Bonchev–Trinajstić information content (AvgIpc) is 2.35. The molecule has 0 saturated carbocycles. The lowest BCUT2D eigenvalue weighted by Gasteiger charge is -2.14. The third kappa shape index (κ3) is 4.26. The van der Waals surface area contributed by atoms with Crippen molar-refractivity contribution in [1.82, 2.24) is 4.72 Å². The number of aromatic carboxylic acids is 1. The van der Waals surface area contributed by atoms with Gasteiger partial charge < -0.3 is 9.84 Å². The molecule has 1 atom stereocenters. The van der Waals surface area contributed by atoms with Gasteiger partial charge in [-0.05, 0) is 31.5 Å². The third-order valence-corrected chi connectivity index (χ3v) is 4.18. The Labute approximate surface area is 116 Å². The lowest BCUT2D eigenvalue weighted by atomic mass is 10.2. The Morgan fingerprint density at radius 1 is 1.50 bits per heavy atom. The molecule has 6 nitrogen and oxygen atoms in total. The van der Waals surface area contributed by atoms with Crippen LogP contribution in [0.2, 0.25) is 0 Å². The maximum Gasteiger partial charge on any atom is 0.335 e. The van der Waals surface area contributed by atoms with Gasteiger partial charge in [0, 0.05) is 19.8 Å². The Morgan fingerprint density at radius 2 is 2.15 bits per heavy atom. The molecule has 0 aromatic heterocycles. The molecule has 1 aromatic rings. The number of sulfonamides is 1. The summed E-state index contributed by atoms with van der Waals surface area (Å²) < 4.78 is 44.7. The van der Waals surface area contributed by atoms with Gasteiger partial charge in [-0.3, -0.25) is 0 Å². The van der Waals surface area contributed by atoms with Crippen LogP contribution in [0.25, 0.3) is 0 Å². The van der Waals surface area contributed by atoms with E-state index in [1.165, 1.54) is 7.11 Å². The average molecular weight is 305 g/mol. The van der Waals surface area contributed by atoms with Gasteiger partial charge in [-0.25, -0.2) is 22.3 Å². The molecule has 0 heterocycles. The van der Waals surface area contributed by atoms with Gasteiger partial charge in [0.15, 0.2) is 0 Å². The van der Waals surface area contributed by atoms with Crippen molar-refractivity contribution in [3.63, 3.8) is 0 Å². The highest BCUT2D eigenvalue weighted by Crippen LogP contribution is 2.17. The molecule has 8 heteroatoms. The summed E-state index contributed by atoms with van der Waals surface area (Å²) in [6.45, 7) is 1.96. The first-order valence-corrected chi connectivity index (χ1v) is 7.30. The molecule has 0 aliphatic rings. The number of carboxylic acids is 1. The Hall–Kier alpha value is -1.51. The summed E-state index contributed by atoms with van der Waals surface area (Å²) in [5.74, 6) is -2.32. The van der Waals surface area contributed by atoms with Gasteiger partial charge in [-0.1, -0.05) is 0 Å². The van der Waals surface area contributed by atoms with Gasteiger partial charge >= 0.3 is 5.97 Å². The van der Waals surface area contributed by atoms with Crippen molar-refractivity contribution in [1.29, 1.82) is 0 Å². The Kier molecular flexibility index (Phi) is 5.61. The summed E-state index contributed by atoms with van der Waals surface area (Å²) in [5, 5.41) is 8.81. The highest BCUT2D eigenvalue weighted by Gasteiger charge is 2.22. The van der Waals surface area contributed by atoms with E-state index >= 15 is 0 Å². The van der Waals surface area contributed by atoms with Crippen molar-refractivity contribution in [3.8, 4) is 0 Å². The van der Waals surface area contributed by atoms with Gasteiger partial charge in [-0.15, -0.1) is 0 Å². The van der Waals surface area contributed by atoms with Gasteiger partial charge in [0.2, 0.25) is 10.0 Å². The second kappa shape index (κ2) is 6.78. The van der Waals surface area contributed by atoms with Crippen molar-refractivity contribution in [2.45, 2.75) is 24.3 Å². The zero-order chi connectivity index (χ0) is 15.3. The molecule has 1 aromatic carbocycles. The van der Waals surface area contributed by atoms with Crippen molar-refractivity contribution in [2.24, 2.45) is 0 Å². The standard InChI is InChI=1S/C12H16FNO5S/c1-8(5-6-19-2)14-20(17,18)11-7-9(12(15)16)3-4-10(11)13/h3-4,7-8,14H,5-6H2,1-2H3,(H,15,16). The lowest BCUT2D eigenvalue weighted by molar-refractivity contribution is 0.0696. The number of halogens is 1. The molecular weight excluding hydrogens is 289 g/mol. The van der Waals surface area contributed by atoms with Crippen molar-refractivity contribution in [3.05, 3.63) is 29.6 Å². The van der Waals surface area contributed by atoms with E-state index in [9.17, 15) is 17.6 Å². The first kappa shape index (κ1) is 16.5. The minimum atomic E-state index is -4.12. The van der Waals surface area contributed by atoms with Gasteiger partial charge in [0.25, 0.3) is 0 Å². The largest absolute Gasteiger partial charge is 0.478 e. The van der Waals surface area contributed by atoms with Crippen molar-refractivity contribution in [2.75, 3.05) is 13.7 Å². The van der Waals surface area contributed by atoms with Crippen LogP contribution in [0.1, 0.15) is 23.7 Å². The normalized spacial score (nSPS) is 13.2. The van der Waals surface area contributed by atoms with E-state index < -0.39 is 32.7 Å². The van der Waals surface area contributed by atoms with E-state index in [0.717, 1.165) is 18.2 Å². The molecule has 2 N–H and O–H groups in total. The molecule has 0 aliphatic heterocycles. The molecule has 20 heavy (non-hydrogen) atoms. The fraction of sp³-hybridized carbons (Fsp3) is 0.417. The van der Waals surface area contributed by atoms with Crippen LogP contribution in [0.15, 0.2) is 23.1 Å². The second-order valence-corrected chi connectivity index (χ2v) is 5.94. The number of hydrogen-bond donors (Lipinski definition) is 2. The van der Waals surface area contributed by atoms with Crippen LogP contribution in [0.5, 0.6) is 0 Å². The smallest absolute Gasteiger partial charge is 0.335 e. The number of nitrogens with one attached hydrogen (secondary N) is 1. The van der Waals surface area contributed by atoms with Crippen LogP contribution in [0.4, 0.5) is 4.39 Å². The van der Waals surface area contributed by atoms with Crippen molar-refractivity contribution >= 4 is 16.0 Å². The van der Waals surface area contributed by atoms with Crippen LogP contribution in [-0.4, -0.2) is 39.3 Å². The number of benzene rings is 1. The summed E-state index contributed by atoms with van der Waals surface area (Å²) in [6, 6.07) is 2.15. The molecule has 1 unspecified atom stereocenters. The number of carboxylic acid groups (broad SMARTS) is 1. The van der Waals surface area contributed by atoms with Crippen LogP contribution in [0, 0.1) is 5.82 Å². The highest BCUT2D eigenvalue weighted by molar-refractivity contribution is 7.89. The molecule has 112 valence electrons. The van der Waals surface area contributed by atoms with Crippen LogP contribution < -0.4 is 4.72 Å². The molecule has 0 amide bonds. The molecule has 0 aliphatic carbocycles. The predicted octanol–water partition coefficient (Wildman–Crippen LogP) is 1.23. The number of hydrogen-bond acceptors (Lipinski definition) is 4. The summed E-state index contributed by atoms with van der Waals surface area (Å²) in [6.07, 6.45) is 0.413. The summed E-state index contributed by atoms with van der Waals surface area (Å²) in [4.78, 5) is 10.1.